The molecule has 0 aliphatic carbocycles. The number of urea groups is 1. The summed E-state index contributed by atoms with van der Waals surface area (Å²) >= 11 is 0. The van der Waals surface area contributed by atoms with E-state index >= 15 is 0 Å². The molecule has 1 aromatic rings. The summed E-state index contributed by atoms with van der Waals surface area (Å²) in [6.07, 6.45) is 0.195. The molecule has 0 heterocycles. The van der Waals surface area contributed by atoms with Crippen LogP contribution in [0.25, 0.3) is 0 Å². The van der Waals surface area contributed by atoms with Crippen LogP contribution in [-0.2, 0) is 25.7 Å². The van der Waals surface area contributed by atoms with E-state index in [1.807, 2.05) is 41.5 Å². The van der Waals surface area contributed by atoms with Crippen LogP contribution in [-0.4, -0.2) is 91.5 Å². The van der Waals surface area contributed by atoms with Crippen LogP contribution >= 0.6 is 0 Å². The Morgan fingerprint density at radius 2 is 1.49 bits per heavy atom. The molecule has 1 rings (SSSR count). The molecule has 0 saturated heterocycles. The van der Waals surface area contributed by atoms with Crippen LogP contribution in [0.2, 0.25) is 0 Å². The van der Waals surface area contributed by atoms with E-state index in [0.717, 1.165) is 0 Å². The molecule has 0 unspecified atom stereocenters. The third-order valence-corrected chi connectivity index (χ3v) is 6.60. The second-order valence-electron chi connectivity index (χ2n) is 11.6. The Hall–Kier alpha value is -3.87. The number of anilines is 1. The molecular formula is C30H51N7O6. The lowest BCUT2D eigenvalue weighted by molar-refractivity contribution is -0.133. The summed E-state index contributed by atoms with van der Waals surface area (Å²) < 4.78 is 5.38. The number of rotatable bonds is 17. The third-order valence-electron chi connectivity index (χ3n) is 6.60. The van der Waals surface area contributed by atoms with E-state index in [9.17, 15) is 24.0 Å². The average molecular weight is 606 g/mol. The van der Waals surface area contributed by atoms with E-state index < -0.39 is 30.1 Å². The normalized spacial score (nSPS) is 12.4. The summed E-state index contributed by atoms with van der Waals surface area (Å²) in [5.41, 5.74) is 6.35. The van der Waals surface area contributed by atoms with Gasteiger partial charge in [-0.05, 0) is 36.5 Å². The number of hydrogen-bond donors (Lipinski definition) is 5. The van der Waals surface area contributed by atoms with E-state index in [2.05, 4.69) is 21.3 Å². The number of amides is 6. The van der Waals surface area contributed by atoms with Gasteiger partial charge in [0.1, 0.15) is 12.6 Å². The largest absolute Gasteiger partial charge is 0.445 e. The highest BCUT2D eigenvalue weighted by Gasteiger charge is 2.28. The van der Waals surface area contributed by atoms with Crippen LogP contribution in [0.1, 0.15) is 59.9 Å². The van der Waals surface area contributed by atoms with E-state index in [1.165, 1.54) is 4.90 Å². The van der Waals surface area contributed by atoms with Crippen molar-refractivity contribution in [2.45, 2.75) is 79.1 Å². The van der Waals surface area contributed by atoms with Gasteiger partial charge in [0, 0.05) is 51.4 Å². The fourth-order valence-corrected chi connectivity index (χ4v) is 4.09. The number of nitrogens with one attached hydrogen (secondary N) is 4. The minimum Gasteiger partial charge on any atom is -0.445 e. The topological polar surface area (TPSA) is 175 Å². The molecule has 0 fully saturated rings. The van der Waals surface area contributed by atoms with Crippen molar-refractivity contribution in [2.24, 2.45) is 17.6 Å². The zero-order chi connectivity index (χ0) is 32.7. The van der Waals surface area contributed by atoms with Crippen molar-refractivity contribution in [3.8, 4) is 0 Å². The van der Waals surface area contributed by atoms with Crippen LogP contribution in [0.5, 0.6) is 0 Å². The predicted molar refractivity (Wildman–Crippen MR) is 166 cm³/mol. The van der Waals surface area contributed by atoms with Crippen LogP contribution in [0.3, 0.4) is 0 Å². The van der Waals surface area contributed by atoms with Gasteiger partial charge in [-0.3, -0.25) is 14.4 Å². The molecular weight excluding hydrogens is 554 g/mol. The van der Waals surface area contributed by atoms with Crippen LogP contribution in [0.4, 0.5) is 15.3 Å². The van der Waals surface area contributed by atoms with Crippen molar-refractivity contribution >= 4 is 35.5 Å². The smallest absolute Gasteiger partial charge is 0.409 e. The van der Waals surface area contributed by atoms with E-state index in [-0.39, 0.29) is 49.3 Å². The molecule has 0 aliphatic heterocycles. The number of primary amides is 1. The third kappa shape index (κ3) is 14.2. The van der Waals surface area contributed by atoms with Crippen LogP contribution in [0.15, 0.2) is 24.3 Å². The lowest BCUT2D eigenvalue weighted by Crippen LogP contribution is -2.54. The van der Waals surface area contributed by atoms with Crippen molar-refractivity contribution in [1.82, 2.24) is 25.8 Å². The maximum absolute atomic E-state index is 13.2. The average Bonchev–Trinajstić information content (AvgIpc) is 2.94. The summed E-state index contributed by atoms with van der Waals surface area (Å²) in [7, 11) is 3.31. The number of likely N-dealkylation sites (N-methyl/N-ethyl adjacent to an activating group) is 2. The molecule has 13 heteroatoms. The number of nitrogens with two attached hydrogens (primary N) is 1. The van der Waals surface area contributed by atoms with Gasteiger partial charge in [-0.25, -0.2) is 9.59 Å². The van der Waals surface area contributed by atoms with Gasteiger partial charge in [-0.15, -0.1) is 0 Å². The fourth-order valence-electron chi connectivity index (χ4n) is 4.09. The van der Waals surface area contributed by atoms with Gasteiger partial charge in [0.05, 0.1) is 6.04 Å². The molecule has 242 valence electrons. The molecule has 13 nitrogen and oxygen atoms in total. The highest BCUT2D eigenvalue weighted by molar-refractivity contribution is 5.97. The maximum Gasteiger partial charge on any atom is 0.409 e. The van der Waals surface area contributed by atoms with E-state index in [0.29, 0.717) is 30.8 Å². The Kier molecular flexibility index (Phi) is 16.1. The first-order valence-electron chi connectivity index (χ1n) is 14.7. The van der Waals surface area contributed by atoms with Crippen LogP contribution in [0, 0.1) is 11.8 Å². The van der Waals surface area contributed by atoms with Gasteiger partial charge in [0.25, 0.3) is 0 Å². The Bertz CT molecular complexity index is 1060. The maximum atomic E-state index is 13.2. The molecule has 6 amide bonds. The minimum atomic E-state index is -0.844. The number of ether oxygens (including phenoxy) is 1. The van der Waals surface area contributed by atoms with Crippen molar-refractivity contribution < 1.29 is 28.7 Å². The zero-order valence-electron chi connectivity index (χ0n) is 26.9. The molecule has 0 saturated carbocycles. The molecule has 0 bridgehead atoms. The fraction of sp³-hybridized carbons (Fsp3) is 0.633. The minimum absolute atomic E-state index is 0.000475. The molecule has 2 atom stereocenters. The van der Waals surface area contributed by atoms with Crippen molar-refractivity contribution in [2.75, 3.05) is 39.0 Å². The molecule has 0 aromatic heterocycles. The van der Waals surface area contributed by atoms with Crippen molar-refractivity contribution in [3.63, 3.8) is 0 Å². The number of hydrogen-bond acceptors (Lipinski definition) is 7. The van der Waals surface area contributed by atoms with Gasteiger partial charge in [-0.2, -0.15) is 0 Å². The first-order valence-corrected chi connectivity index (χ1v) is 14.7. The first-order chi connectivity index (χ1) is 20.1. The summed E-state index contributed by atoms with van der Waals surface area (Å²) in [5, 5.41) is 11.4. The molecule has 6 N–H and O–H groups in total. The number of carbonyl (C=O) groups is 5. The summed E-state index contributed by atoms with van der Waals surface area (Å²) in [6.45, 7) is 12.4. The van der Waals surface area contributed by atoms with Gasteiger partial charge in [0.15, 0.2) is 0 Å². The molecule has 1 aromatic carbocycles. The molecule has 0 spiro atoms. The number of carbonyl (C=O) groups excluding carboxylic acids is 5. The molecule has 43 heavy (non-hydrogen) atoms. The van der Waals surface area contributed by atoms with Gasteiger partial charge < -0.3 is 41.5 Å². The van der Waals surface area contributed by atoms with Crippen molar-refractivity contribution in [3.05, 3.63) is 29.8 Å². The standard InChI is InChI=1S/C30H51N7O6/c1-19(2)25(33-21(5)6)27(39)35-24(10-9-15-32-29(31)41)26(38)34-23-13-11-22(12-14-23)18-43-30(42)37(8)17-16-36(7)28(40)20(3)4/h11-14,19-21,24-25,33H,9-10,15-18H2,1-8H3,(H,34,38)(H,35,39)(H3,31,32,41)/t24-,25-/m0/s1. The van der Waals surface area contributed by atoms with E-state index in [1.54, 1.807) is 43.3 Å². The number of benzene rings is 1. The highest BCUT2D eigenvalue weighted by Crippen LogP contribution is 2.13. The lowest BCUT2D eigenvalue weighted by Gasteiger charge is -2.27. The SMILES string of the molecule is CC(C)N[C@H](C(=O)N[C@@H](CCCNC(N)=O)C(=O)Nc1ccc(COC(=O)N(C)CCN(C)C(=O)C(C)C)cc1)C(C)C. The summed E-state index contributed by atoms with van der Waals surface area (Å²) in [6, 6.07) is 4.91. The second-order valence-corrected chi connectivity index (χ2v) is 11.6. The lowest BCUT2D eigenvalue weighted by atomic mass is 10.0. The molecule has 0 aliphatic rings. The predicted octanol–water partition coefficient (Wildman–Crippen LogP) is 2.26. The Balaban J connectivity index is 2.76. The van der Waals surface area contributed by atoms with Crippen LogP contribution < -0.4 is 27.0 Å². The zero-order valence-corrected chi connectivity index (χ0v) is 26.9. The van der Waals surface area contributed by atoms with E-state index in [4.69, 9.17) is 10.5 Å². The van der Waals surface area contributed by atoms with Gasteiger partial charge in [0.2, 0.25) is 17.7 Å². The summed E-state index contributed by atoms with van der Waals surface area (Å²) in [4.78, 5) is 64.7. The quantitative estimate of drug-likeness (QED) is 0.169. The second kappa shape index (κ2) is 18.6. The monoisotopic (exact) mass is 605 g/mol. The highest BCUT2D eigenvalue weighted by atomic mass is 16.6. The summed E-state index contributed by atoms with van der Waals surface area (Å²) in [5.74, 6) is -0.798. The Labute approximate surface area is 255 Å². The first kappa shape index (κ1) is 37.2. The molecule has 0 radical (unpaired) electrons. The van der Waals surface area contributed by atoms with Gasteiger partial charge >= 0.3 is 12.1 Å². The Morgan fingerprint density at radius 3 is 2.02 bits per heavy atom. The van der Waals surface area contributed by atoms with Gasteiger partial charge in [-0.1, -0.05) is 53.7 Å². The Morgan fingerprint density at radius 1 is 0.884 bits per heavy atom. The van der Waals surface area contributed by atoms with Crippen molar-refractivity contribution in [1.29, 1.82) is 0 Å². The number of nitrogens with zero attached hydrogens (tertiary/aromatic N) is 2.